The number of nitrogens with two attached hydrogens (primary N) is 1. The number of carbonyl (C=O) groups excluding carboxylic acids is 6. The van der Waals surface area contributed by atoms with Crippen molar-refractivity contribution in [1.82, 2.24) is 20.9 Å². The van der Waals surface area contributed by atoms with E-state index in [2.05, 4.69) is 21.3 Å². The van der Waals surface area contributed by atoms with Crippen LogP contribution in [0.1, 0.15) is 44.1 Å². The largest absolute Gasteiger partial charge is 0.380 e. The molecule has 1 aliphatic rings. The minimum Gasteiger partial charge on any atom is -0.380 e. The Hall–Kier alpha value is -4.26. The van der Waals surface area contributed by atoms with Crippen LogP contribution in [0.25, 0.3) is 0 Å². The second-order valence-electron chi connectivity index (χ2n) is 8.92. The normalized spacial score (nSPS) is 13.2. The van der Waals surface area contributed by atoms with E-state index in [-0.39, 0.29) is 43.7 Å². The summed E-state index contributed by atoms with van der Waals surface area (Å²) < 4.78 is 5.07. The van der Waals surface area contributed by atoms with Gasteiger partial charge in [0.1, 0.15) is 6.04 Å². The Morgan fingerprint density at radius 2 is 1.62 bits per heavy atom. The number of nitrogens with one attached hydrogen (secondary N) is 4. The molecule has 13 heteroatoms. The molecule has 0 saturated heterocycles. The lowest BCUT2D eigenvalue weighted by Crippen LogP contribution is -2.47. The fourth-order valence-electron chi connectivity index (χ4n) is 3.76. The third-order valence-corrected chi connectivity index (χ3v) is 5.79. The van der Waals surface area contributed by atoms with Gasteiger partial charge in [0.15, 0.2) is 0 Å². The van der Waals surface area contributed by atoms with Gasteiger partial charge in [-0.05, 0) is 43.4 Å². The molecule has 1 heterocycles. The number of methoxy groups -OCH3 is 1. The van der Waals surface area contributed by atoms with E-state index in [0.29, 0.717) is 44.5 Å². The van der Waals surface area contributed by atoms with Crippen molar-refractivity contribution in [3.63, 3.8) is 0 Å². The van der Waals surface area contributed by atoms with Crippen LogP contribution in [0.5, 0.6) is 0 Å². The maximum Gasteiger partial charge on any atom is 0.312 e. The van der Waals surface area contributed by atoms with Crippen LogP contribution >= 0.6 is 0 Å². The summed E-state index contributed by atoms with van der Waals surface area (Å²) in [6.07, 6.45) is 4.97. The van der Waals surface area contributed by atoms with Gasteiger partial charge >= 0.3 is 6.03 Å². The zero-order valence-corrected chi connectivity index (χ0v) is 22.0. The molecule has 0 bridgehead atoms. The number of benzene rings is 1. The van der Waals surface area contributed by atoms with Crippen molar-refractivity contribution in [3.05, 3.63) is 42.0 Å². The summed E-state index contributed by atoms with van der Waals surface area (Å²) in [5.74, 6) is -1.98. The van der Waals surface area contributed by atoms with E-state index < -0.39 is 23.9 Å². The quantitative estimate of drug-likeness (QED) is 0.138. The standard InChI is InChI=1S/C26H36N6O7/c1-39-17-18-8-10-19(11-9-18)30-25(37)20(6-5-14-28-26(27)38)31-22(34)16-29-21(33)7-3-2-4-15-32-23(35)12-13-24(32)36/h8-13,20H,2-7,14-17H2,1H3,(H,29,33)(H,30,37)(H,31,34)(H3,27,28,38). The minimum atomic E-state index is -0.909. The van der Waals surface area contributed by atoms with Crippen LogP contribution in [0.4, 0.5) is 10.5 Å². The third-order valence-electron chi connectivity index (χ3n) is 5.79. The molecule has 2 rings (SSSR count). The number of amides is 7. The predicted molar refractivity (Wildman–Crippen MR) is 142 cm³/mol. The molecule has 6 N–H and O–H groups in total. The number of urea groups is 1. The number of ether oxygens (including phenoxy) is 1. The van der Waals surface area contributed by atoms with Crippen molar-refractivity contribution in [3.8, 4) is 0 Å². The van der Waals surface area contributed by atoms with Crippen LogP contribution in [0, 0.1) is 0 Å². The summed E-state index contributed by atoms with van der Waals surface area (Å²) in [7, 11) is 1.58. The molecule has 13 nitrogen and oxygen atoms in total. The van der Waals surface area contributed by atoms with Gasteiger partial charge in [0, 0.05) is 44.5 Å². The summed E-state index contributed by atoms with van der Waals surface area (Å²) in [6, 6.07) is 5.46. The Morgan fingerprint density at radius 1 is 0.923 bits per heavy atom. The van der Waals surface area contributed by atoms with Crippen LogP contribution in [0.3, 0.4) is 0 Å². The third kappa shape index (κ3) is 11.8. The summed E-state index contributed by atoms with van der Waals surface area (Å²) in [5, 5.41) is 10.3. The van der Waals surface area contributed by atoms with Gasteiger partial charge in [0.2, 0.25) is 17.7 Å². The Morgan fingerprint density at radius 3 is 2.26 bits per heavy atom. The lowest BCUT2D eigenvalue weighted by Gasteiger charge is -2.19. The molecule has 1 aliphatic heterocycles. The van der Waals surface area contributed by atoms with Crippen molar-refractivity contribution in [1.29, 1.82) is 0 Å². The Balaban J connectivity index is 1.76. The van der Waals surface area contributed by atoms with E-state index in [1.807, 2.05) is 12.1 Å². The van der Waals surface area contributed by atoms with Crippen molar-refractivity contribution >= 4 is 41.3 Å². The molecule has 1 aromatic rings. The van der Waals surface area contributed by atoms with Crippen molar-refractivity contribution in [2.24, 2.45) is 5.73 Å². The van der Waals surface area contributed by atoms with E-state index in [4.69, 9.17) is 10.5 Å². The van der Waals surface area contributed by atoms with Gasteiger partial charge in [-0.2, -0.15) is 0 Å². The van der Waals surface area contributed by atoms with Gasteiger partial charge in [0.25, 0.3) is 11.8 Å². The van der Waals surface area contributed by atoms with E-state index in [1.165, 1.54) is 12.2 Å². The van der Waals surface area contributed by atoms with Crippen molar-refractivity contribution in [2.75, 3.05) is 32.1 Å². The zero-order valence-electron chi connectivity index (χ0n) is 22.0. The minimum absolute atomic E-state index is 0.176. The molecular formula is C26H36N6O7. The summed E-state index contributed by atoms with van der Waals surface area (Å²) in [4.78, 5) is 72.5. The van der Waals surface area contributed by atoms with E-state index in [1.54, 1.807) is 19.2 Å². The van der Waals surface area contributed by atoms with Crippen LogP contribution in [0.2, 0.25) is 0 Å². The molecule has 0 radical (unpaired) electrons. The van der Waals surface area contributed by atoms with Gasteiger partial charge in [-0.1, -0.05) is 18.6 Å². The molecular weight excluding hydrogens is 508 g/mol. The summed E-state index contributed by atoms with van der Waals surface area (Å²) in [5.41, 5.74) is 6.54. The molecule has 1 atom stereocenters. The lowest BCUT2D eigenvalue weighted by atomic mass is 10.1. The van der Waals surface area contributed by atoms with Crippen molar-refractivity contribution < 1.29 is 33.5 Å². The van der Waals surface area contributed by atoms with Gasteiger partial charge in [-0.15, -0.1) is 0 Å². The second-order valence-corrected chi connectivity index (χ2v) is 8.92. The fraction of sp³-hybridized carbons (Fsp3) is 0.462. The number of hydrogen-bond donors (Lipinski definition) is 5. The molecule has 39 heavy (non-hydrogen) atoms. The maximum absolute atomic E-state index is 12.9. The number of hydrogen-bond acceptors (Lipinski definition) is 7. The number of carbonyl (C=O) groups is 6. The number of primary amides is 1. The molecule has 0 fully saturated rings. The number of unbranched alkanes of at least 4 members (excludes halogenated alkanes) is 2. The highest BCUT2D eigenvalue weighted by Crippen LogP contribution is 2.12. The molecule has 0 aromatic heterocycles. The lowest BCUT2D eigenvalue weighted by molar-refractivity contribution is -0.137. The SMILES string of the molecule is COCc1ccc(NC(=O)C(CCCNC(N)=O)NC(=O)CNC(=O)CCCCCN2C(=O)C=CC2=O)cc1. The molecule has 1 aromatic carbocycles. The molecule has 212 valence electrons. The number of nitrogens with zero attached hydrogens (tertiary/aromatic N) is 1. The number of imide groups is 1. The number of rotatable bonds is 17. The highest BCUT2D eigenvalue weighted by atomic mass is 16.5. The maximum atomic E-state index is 12.9. The van der Waals surface area contributed by atoms with E-state index in [0.717, 1.165) is 10.5 Å². The number of anilines is 1. The monoisotopic (exact) mass is 544 g/mol. The van der Waals surface area contributed by atoms with Gasteiger partial charge < -0.3 is 31.7 Å². The first-order valence-corrected chi connectivity index (χ1v) is 12.7. The van der Waals surface area contributed by atoms with Crippen molar-refractivity contribution in [2.45, 2.75) is 51.2 Å². The predicted octanol–water partition coefficient (Wildman–Crippen LogP) is 0.306. The van der Waals surface area contributed by atoms with Crippen LogP contribution in [0.15, 0.2) is 36.4 Å². The van der Waals surface area contributed by atoms with E-state index in [9.17, 15) is 28.8 Å². The van der Waals surface area contributed by atoms with Crippen LogP contribution in [-0.2, 0) is 35.3 Å². The Labute approximate surface area is 226 Å². The summed E-state index contributed by atoms with van der Waals surface area (Å²) in [6.45, 7) is 0.651. The average Bonchev–Trinajstić information content (AvgIpc) is 3.22. The van der Waals surface area contributed by atoms with Crippen LogP contribution in [-0.4, -0.2) is 73.3 Å². The van der Waals surface area contributed by atoms with Gasteiger partial charge in [-0.25, -0.2) is 4.79 Å². The van der Waals surface area contributed by atoms with Gasteiger partial charge in [-0.3, -0.25) is 28.9 Å². The molecule has 0 spiro atoms. The molecule has 1 unspecified atom stereocenters. The molecule has 0 saturated carbocycles. The smallest absolute Gasteiger partial charge is 0.312 e. The summed E-state index contributed by atoms with van der Waals surface area (Å²) >= 11 is 0. The first kappa shape index (κ1) is 31.0. The van der Waals surface area contributed by atoms with E-state index >= 15 is 0 Å². The van der Waals surface area contributed by atoms with Crippen LogP contribution < -0.4 is 27.0 Å². The topological polar surface area (TPSA) is 189 Å². The highest BCUT2D eigenvalue weighted by molar-refractivity contribution is 6.12. The first-order valence-electron chi connectivity index (χ1n) is 12.7. The highest BCUT2D eigenvalue weighted by Gasteiger charge is 2.23. The average molecular weight is 545 g/mol. The Bertz CT molecular complexity index is 1040. The zero-order chi connectivity index (χ0) is 28.6. The fourth-order valence-corrected chi connectivity index (χ4v) is 3.76. The first-order chi connectivity index (χ1) is 18.7. The second kappa shape index (κ2) is 16.6. The Kier molecular flexibility index (Phi) is 13.1. The van der Waals surface area contributed by atoms with Gasteiger partial charge in [0.05, 0.1) is 13.2 Å². The molecule has 0 aliphatic carbocycles. The molecule has 7 amide bonds.